The summed E-state index contributed by atoms with van der Waals surface area (Å²) < 4.78 is 5.37. The van der Waals surface area contributed by atoms with Crippen molar-refractivity contribution in [1.29, 1.82) is 0 Å². The molecule has 0 aromatic rings. The van der Waals surface area contributed by atoms with Gasteiger partial charge in [-0.3, -0.25) is 4.79 Å². The Labute approximate surface area is 86.2 Å². The highest BCUT2D eigenvalue weighted by molar-refractivity contribution is 5.71. The van der Waals surface area contributed by atoms with Crippen LogP contribution in [-0.2, 0) is 9.53 Å². The molecule has 3 nitrogen and oxygen atoms in total. The first-order chi connectivity index (χ1) is 6.83. The Hall–Kier alpha value is -0.570. The molecular weight excluding hydrogens is 178 g/mol. The van der Waals surface area contributed by atoms with Gasteiger partial charge in [-0.05, 0) is 32.2 Å². The molecule has 1 fully saturated rings. The van der Waals surface area contributed by atoms with Crippen molar-refractivity contribution >= 4 is 5.97 Å². The molecule has 0 atom stereocenters. The molecule has 0 unspecified atom stereocenters. The van der Waals surface area contributed by atoms with E-state index < -0.39 is 0 Å². The maximum absolute atomic E-state index is 11.3. The van der Waals surface area contributed by atoms with Crippen LogP contribution in [0.3, 0.4) is 0 Å². The summed E-state index contributed by atoms with van der Waals surface area (Å²) in [5.41, 5.74) is 0. The molecule has 1 saturated carbocycles. The third-order valence-corrected chi connectivity index (χ3v) is 2.62. The van der Waals surface area contributed by atoms with E-state index >= 15 is 0 Å². The largest absolute Gasteiger partial charge is 0.461 e. The Morgan fingerprint density at radius 3 is 2.50 bits per heavy atom. The Morgan fingerprint density at radius 1 is 1.29 bits per heavy atom. The van der Waals surface area contributed by atoms with Gasteiger partial charge in [0.25, 0.3) is 0 Å². The van der Waals surface area contributed by atoms with Gasteiger partial charge in [0, 0.05) is 0 Å². The number of esters is 1. The standard InChI is InChI=1S/C11H21NO2/c1-2-12-9-11(13)14-10-7-5-3-4-6-8-10/h10,12H,2-9H2,1H3. The Balaban J connectivity index is 2.17. The fraction of sp³-hybridized carbons (Fsp3) is 0.909. The molecule has 0 aromatic carbocycles. The third-order valence-electron chi connectivity index (χ3n) is 2.62. The molecule has 82 valence electrons. The summed E-state index contributed by atoms with van der Waals surface area (Å²) in [6.45, 7) is 3.16. The van der Waals surface area contributed by atoms with E-state index in [0.717, 1.165) is 19.4 Å². The number of carbonyl (C=O) groups is 1. The number of hydrogen-bond acceptors (Lipinski definition) is 3. The maximum Gasteiger partial charge on any atom is 0.320 e. The lowest BCUT2D eigenvalue weighted by atomic mass is 10.1. The second-order valence-electron chi connectivity index (χ2n) is 3.88. The number of carbonyl (C=O) groups excluding carboxylic acids is 1. The quantitative estimate of drug-likeness (QED) is 0.555. The predicted molar refractivity (Wildman–Crippen MR) is 56.1 cm³/mol. The number of likely N-dealkylation sites (N-methyl/N-ethyl adjacent to an activating group) is 1. The summed E-state index contributed by atoms with van der Waals surface area (Å²) in [6.07, 6.45) is 7.29. The molecule has 0 aromatic heterocycles. The fourth-order valence-electron chi connectivity index (χ4n) is 1.81. The zero-order chi connectivity index (χ0) is 10.2. The van der Waals surface area contributed by atoms with E-state index in [9.17, 15) is 4.79 Å². The van der Waals surface area contributed by atoms with Gasteiger partial charge in [0.1, 0.15) is 6.10 Å². The van der Waals surface area contributed by atoms with Crippen LogP contribution in [0.5, 0.6) is 0 Å². The monoisotopic (exact) mass is 199 g/mol. The van der Waals surface area contributed by atoms with Gasteiger partial charge in [-0.1, -0.05) is 19.8 Å². The van der Waals surface area contributed by atoms with Gasteiger partial charge in [-0.2, -0.15) is 0 Å². The first-order valence-corrected chi connectivity index (χ1v) is 5.73. The van der Waals surface area contributed by atoms with Crippen molar-refractivity contribution in [2.24, 2.45) is 0 Å². The average Bonchev–Trinajstić information content (AvgIpc) is 2.43. The summed E-state index contributed by atoms with van der Waals surface area (Å²) >= 11 is 0. The molecule has 0 saturated heterocycles. The molecule has 0 heterocycles. The number of hydrogen-bond donors (Lipinski definition) is 1. The van der Waals surface area contributed by atoms with Crippen LogP contribution in [0.25, 0.3) is 0 Å². The number of rotatable bonds is 4. The summed E-state index contributed by atoms with van der Waals surface area (Å²) in [5.74, 6) is -0.0984. The first kappa shape index (κ1) is 11.5. The highest BCUT2D eigenvalue weighted by Crippen LogP contribution is 2.19. The van der Waals surface area contributed by atoms with Crippen molar-refractivity contribution in [1.82, 2.24) is 5.32 Å². The van der Waals surface area contributed by atoms with Crippen molar-refractivity contribution in [3.63, 3.8) is 0 Å². The van der Waals surface area contributed by atoms with Crippen molar-refractivity contribution < 1.29 is 9.53 Å². The highest BCUT2D eigenvalue weighted by Gasteiger charge is 2.15. The summed E-state index contributed by atoms with van der Waals surface area (Å²) in [5, 5.41) is 2.98. The molecule has 0 radical (unpaired) electrons. The van der Waals surface area contributed by atoms with Gasteiger partial charge >= 0.3 is 5.97 Å². The van der Waals surface area contributed by atoms with Crippen LogP contribution in [0.2, 0.25) is 0 Å². The minimum atomic E-state index is -0.0984. The Morgan fingerprint density at radius 2 is 1.93 bits per heavy atom. The third kappa shape index (κ3) is 4.61. The van der Waals surface area contributed by atoms with E-state index in [1.54, 1.807) is 0 Å². The molecule has 0 spiro atoms. The normalized spacial score (nSPS) is 18.9. The molecule has 0 bridgehead atoms. The lowest BCUT2D eigenvalue weighted by Crippen LogP contribution is -2.28. The van der Waals surface area contributed by atoms with Crippen LogP contribution < -0.4 is 5.32 Å². The minimum Gasteiger partial charge on any atom is -0.461 e. The Bertz CT molecular complexity index is 163. The lowest BCUT2D eigenvalue weighted by molar-refractivity contribution is -0.148. The van der Waals surface area contributed by atoms with E-state index in [4.69, 9.17) is 4.74 Å². The second-order valence-corrected chi connectivity index (χ2v) is 3.88. The zero-order valence-electron chi connectivity index (χ0n) is 9.05. The van der Waals surface area contributed by atoms with Crippen LogP contribution in [0, 0.1) is 0 Å². The maximum atomic E-state index is 11.3. The van der Waals surface area contributed by atoms with Crippen molar-refractivity contribution in [3.05, 3.63) is 0 Å². The van der Waals surface area contributed by atoms with Crippen LogP contribution in [0.1, 0.15) is 45.4 Å². The molecule has 1 aliphatic carbocycles. The van der Waals surface area contributed by atoms with Gasteiger partial charge < -0.3 is 10.1 Å². The second kappa shape index (κ2) is 6.82. The van der Waals surface area contributed by atoms with Crippen LogP contribution in [0.4, 0.5) is 0 Å². The SMILES string of the molecule is CCNCC(=O)OC1CCCCCC1. The molecule has 14 heavy (non-hydrogen) atoms. The van der Waals surface area contributed by atoms with Gasteiger partial charge in [0.15, 0.2) is 0 Å². The lowest BCUT2D eigenvalue weighted by Gasteiger charge is -2.15. The van der Waals surface area contributed by atoms with E-state index in [2.05, 4.69) is 5.32 Å². The van der Waals surface area contributed by atoms with Crippen molar-refractivity contribution in [2.45, 2.75) is 51.6 Å². The topological polar surface area (TPSA) is 38.3 Å². The van der Waals surface area contributed by atoms with Crippen LogP contribution in [-0.4, -0.2) is 25.2 Å². The van der Waals surface area contributed by atoms with Crippen LogP contribution >= 0.6 is 0 Å². The van der Waals surface area contributed by atoms with E-state index in [1.807, 2.05) is 6.92 Å². The van der Waals surface area contributed by atoms with E-state index in [0.29, 0.717) is 6.54 Å². The molecule has 0 amide bonds. The molecule has 1 N–H and O–H groups in total. The summed E-state index contributed by atoms with van der Waals surface area (Å²) in [7, 11) is 0. The summed E-state index contributed by atoms with van der Waals surface area (Å²) in [4.78, 5) is 11.3. The molecule has 1 rings (SSSR count). The highest BCUT2D eigenvalue weighted by atomic mass is 16.5. The van der Waals surface area contributed by atoms with Gasteiger partial charge in [-0.25, -0.2) is 0 Å². The van der Waals surface area contributed by atoms with Crippen molar-refractivity contribution in [3.8, 4) is 0 Å². The number of ether oxygens (including phenoxy) is 1. The van der Waals surface area contributed by atoms with Crippen molar-refractivity contribution in [2.75, 3.05) is 13.1 Å². The molecule has 0 aliphatic heterocycles. The van der Waals surface area contributed by atoms with Gasteiger partial charge in [-0.15, -0.1) is 0 Å². The van der Waals surface area contributed by atoms with Gasteiger partial charge in [0.05, 0.1) is 6.54 Å². The fourth-order valence-corrected chi connectivity index (χ4v) is 1.81. The van der Waals surface area contributed by atoms with E-state index in [1.165, 1.54) is 25.7 Å². The van der Waals surface area contributed by atoms with Gasteiger partial charge in [0.2, 0.25) is 0 Å². The predicted octanol–water partition coefficient (Wildman–Crippen LogP) is 1.86. The number of nitrogens with one attached hydrogen (secondary N) is 1. The zero-order valence-corrected chi connectivity index (χ0v) is 9.05. The summed E-state index contributed by atoms with van der Waals surface area (Å²) in [6, 6.07) is 0. The molecule has 3 heteroatoms. The smallest absolute Gasteiger partial charge is 0.320 e. The molecule has 1 aliphatic rings. The van der Waals surface area contributed by atoms with Crippen LogP contribution in [0.15, 0.2) is 0 Å². The Kier molecular flexibility index (Phi) is 5.60. The van der Waals surface area contributed by atoms with E-state index in [-0.39, 0.29) is 12.1 Å². The first-order valence-electron chi connectivity index (χ1n) is 5.73. The molecular formula is C11H21NO2. The minimum absolute atomic E-state index is 0.0984. The average molecular weight is 199 g/mol.